The van der Waals surface area contributed by atoms with Gasteiger partial charge in [0.15, 0.2) is 23.0 Å². The highest BCUT2D eigenvalue weighted by Crippen LogP contribution is 2.53. The maximum atomic E-state index is 5.84. The summed E-state index contributed by atoms with van der Waals surface area (Å²) < 4.78 is 21.1. The Hall–Kier alpha value is -1.78. The number of hydrogen-bond donors (Lipinski definition) is 1. The van der Waals surface area contributed by atoms with Crippen LogP contribution in [-0.2, 0) is 0 Å². The minimum atomic E-state index is 0.198. The smallest absolute Gasteiger partial charge is 0.231 e. The number of fused-ring (bicyclic) bond motifs is 2. The monoisotopic (exact) mass is 225 g/mol. The second kappa shape index (κ2) is 4.00. The molecule has 2 N–H and O–H groups in total. The minimum absolute atomic E-state index is 0.198. The van der Waals surface area contributed by atoms with Gasteiger partial charge in [0, 0.05) is 5.56 Å². The number of anilines is 1. The van der Waals surface area contributed by atoms with Gasteiger partial charge >= 0.3 is 0 Å². The van der Waals surface area contributed by atoms with Gasteiger partial charge in [-0.25, -0.2) is 0 Å². The highest BCUT2D eigenvalue weighted by Gasteiger charge is 2.31. The molecule has 0 unspecified atom stereocenters. The fraction of sp³-hybridized carbons (Fsp3) is 0.455. The summed E-state index contributed by atoms with van der Waals surface area (Å²) >= 11 is 0. The number of hydrogen-bond acceptors (Lipinski definition) is 5. The standard InChI is InChI=1S/C9H9NO4.C2H6/c1-4-6-8(13-2-11-6)5(10)9-7(4)12-3-14-9;1-2/h2-3,10H2,1H3;1-2H3. The molecular weight excluding hydrogens is 210 g/mol. The molecule has 2 aliphatic heterocycles. The van der Waals surface area contributed by atoms with Gasteiger partial charge in [-0.3, -0.25) is 0 Å². The van der Waals surface area contributed by atoms with Gasteiger partial charge in [0.25, 0.3) is 0 Å². The van der Waals surface area contributed by atoms with E-state index in [1.807, 2.05) is 20.8 Å². The van der Waals surface area contributed by atoms with Crippen LogP contribution in [0.25, 0.3) is 0 Å². The Morgan fingerprint density at radius 1 is 0.812 bits per heavy atom. The number of ether oxygens (including phenoxy) is 4. The van der Waals surface area contributed by atoms with Crippen LogP contribution in [-0.4, -0.2) is 13.6 Å². The molecule has 3 rings (SSSR count). The maximum absolute atomic E-state index is 5.84. The van der Waals surface area contributed by atoms with Crippen molar-refractivity contribution in [2.45, 2.75) is 20.8 Å². The van der Waals surface area contributed by atoms with Crippen molar-refractivity contribution in [2.24, 2.45) is 0 Å². The SMILES string of the molecule is CC.Cc1c2c(c(N)c3c1OCO3)OCO2. The highest BCUT2D eigenvalue weighted by atomic mass is 16.7. The molecule has 0 atom stereocenters. The predicted molar refractivity (Wildman–Crippen MR) is 59.2 cm³/mol. The van der Waals surface area contributed by atoms with Crippen LogP contribution < -0.4 is 24.7 Å². The van der Waals surface area contributed by atoms with Crippen molar-refractivity contribution in [3.63, 3.8) is 0 Å². The van der Waals surface area contributed by atoms with E-state index in [9.17, 15) is 0 Å². The molecule has 16 heavy (non-hydrogen) atoms. The van der Waals surface area contributed by atoms with Crippen LogP contribution in [0.1, 0.15) is 19.4 Å². The Kier molecular flexibility index (Phi) is 2.68. The largest absolute Gasteiger partial charge is 0.453 e. The van der Waals surface area contributed by atoms with E-state index in [1.54, 1.807) is 0 Å². The van der Waals surface area contributed by atoms with Gasteiger partial charge in [0.1, 0.15) is 5.69 Å². The predicted octanol–water partition coefficient (Wildman–Crippen LogP) is 2.06. The first-order valence-electron chi connectivity index (χ1n) is 5.26. The van der Waals surface area contributed by atoms with E-state index in [4.69, 9.17) is 24.7 Å². The molecule has 1 aromatic rings. The summed E-state index contributed by atoms with van der Waals surface area (Å²) in [6.07, 6.45) is 0. The van der Waals surface area contributed by atoms with Crippen molar-refractivity contribution in [1.82, 2.24) is 0 Å². The van der Waals surface area contributed by atoms with E-state index in [0.29, 0.717) is 28.7 Å². The molecule has 1 aromatic carbocycles. The van der Waals surface area contributed by atoms with E-state index in [1.165, 1.54) is 0 Å². The molecule has 5 heteroatoms. The van der Waals surface area contributed by atoms with Crippen molar-refractivity contribution < 1.29 is 18.9 Å². The average molecular weight is 225 g/mol. The molecule has 2 heterocycles. The fourth-order valence-electron chi connectivity index (χ4n) is 1.72. The highest BCUT2D eigenvalue weighted by molar-refractivity contribution is 5.77. The second-order valence-corrected chi connectivity index (χ2v) is 3.17. The van der Waals surface area contributed by atoms with Crippen molar-refractivity contribution in [3.05, 3.63) is 5.56 Å². The molecule has 0 saturated heterocycles. The zero-order valence-electron chi connectivity index (χ0n) is 9.62. The van der Waals surface area contributed by atoms with Crippen LogP contribution in [0, 0.1) is 6.92 Å². The summed E-state index contributed by atoms with van der Waals surface area (Å²) in [5.74, 6) is 2.44. The zero-order chi connectivity index (χ0) is 11.7. The van der Waals surface area contributed by atoms with E-state index in [-0.39, 0.29) is 13.6 Å². The van der Waals surface area contributed by atoms with Gasteiger partial charge < -0.3 is 24.7 Å². The number of rotatable bonds is 0. The Morgan fingerprint density at radius 2 is 1.19 bits per heavy atom. The van der Waals surface area contributed by atoms with Gasteiger partial charge in [-0.15, -0.1) is 0 Å². The van der Waals surface area contributed by atoms with Crippen LogP contribution in [0.3, 0.4) is 0 Å². The first kappa shape index (κ1) is 10.7. The molecule has 0 bridgehead atoms. The topological polar surface area (TPSA) is 62.9 Å². The van der Waals surface area contributed by atoms with Crippen molar-refractivity contribution >= 4 is 5.69 Å². The summed E-state index contributed by atoms with van der Waals surface area (Å²) in [5.41, 5.74) is 7.17. The van der Waals surface area contributed by atoms with Gasteiger partial charge in [-0.1, -0.05) is 13.8 Å². The Morgan fingerprint density at radius 3 is 1.62 bits per heavy atom. The Balaban J connectivity index is 0.000000457. The van der Waals surface area contributed by atoms with Gasteiger partial charge in [-0.2, -0.15) is 0 Å². The fourth-order valence-corrected chi connectivity index (χ4v) is 1.72. The quantitative estimate of drug-likeness (QED) is 0.685. The summed E-state index contributed by atoms with van der Waals surface area (Å²) in [6, 6.07) is 0. The van der Waals surface area contributed by atoms with E-state index in [2.05, 4.69) is 0 Å². The number of nitrogen functional groups attached to an aromatic ring is 1. The molecule has 5 nitrogen and oxygen atoms in total. The minimum Gasteiger partial charge on any atom is -0.453 e. The molecule has 0 spiro atoms. The molecule has 88 valence electrons. The summed E-state index contributed by atoms with van der Waals surface area (Å²) in [6.45, 7) is 6.28. The molecular formula is C11H15NO4. The second-order valence-electron chi connectivity index (χ2n) is 3.17. The van der Waals surface area contributed by atoms with Crippen LogP contribution in [0.4, 0.5) is 5.69 Å². The third-order valence-electron chi connectivity index (χ3n) is 2.40. The van der Waals surface area contributed by atoms with Crippen LogP contribution in [0.2, 0.25) is 0 Å². The molecule has 0 amide bonds. The van der Waals surface area contributed by atoms with Crippen molar-refractivity contribution in [1.29, 1.82) is 0 Å². The molecule has 0 aliphatic carbocycles. The van der Waals surface area contributed by atoms with Crippen molar-refractivity contribution in [3.8, 4) is 23.0 Å². The molecule has 0 saturated carbocycles. The summed E-state index contributed by atoms with van der Waals surface area (Å²) in [4.78, 5) is 0. The lowest BCUT2D eigenvalue weighted by molar-refractivity contribution is 0.166. The summed E-state index contributed by atoms with van der Waals surface area (Å²) in [5, 5.41) is 0. The lowest BCUT2D eigenvalue weighted by Gasteiger charge is -2.07. The van der Waals surface area contributed by atoms with Gasteiger partial charge in [0.05, 0.1) is 0 Å². The lowest BCUT2D eigenvalue weighted by Crippen LogP contribution is -1.97. The third-order valence-corrected chi connectivity index (χ3v) is 2.40. The van der Waals surface area contributed by atoms with Crippen LogP contribution >= 0.6 is 0 Å². The normalized spacial score (nSPS) is 14.4. The van der Waals surface area contributed by atoms with Gasteiger partial charge in [-0.05, 0) is 6.92 Å². The van der Waals surface area contributed by atoms with Gasteiger partial charge in [0.2, 0.25) is 13.6 Å². The van der Waals surface area contributed by atoms with Crippen LogP contribution in [0.15, 0.2) is 0 Å². The maximum Gasteiger partial charge on any atom is 0.231 e. The lowest BCUT2D eigenvalue weighted by atomic mass is 10.1. The molecule has 2 aliphatic rings. The number of benzene rings is 1. The first-order chi connectivity index (χ1) is 7.79. The van der Waals surface area contributed by atoms with E-state index < -0.39 is 0 Å². The third kappa shape index (κ3) is 1.31. The Labute approximate surface area is 94.0 Å². The molecule has 0 aromatic heterocycles. The number of nitrogens with two attached hydrogens (primary N) is 1. The molecule has 0 radical (unpaired) electrons. The zero-order valence-corrected chi connectivity index (χ0v) is 9.62. The Bertz CT molecular complexity index is 345. The van der Waals surface area contributed by atoms with Crippen molar-refractivity contribution in [2.75, 3.05) is 19.3 Å². The van der Waals surface area contributed by atoms with Crippen LogP contribution in [0.5, 0.6) is 23.0 Å². The first-order valence-corrected chi connectivity index (χ1v) is 5.26. The van der Waals surface area contributed by atoms with E-state index >= 15 is 0 Å². The molecule has 0 fully saturated rings. The summed E-state index contributed by atoms with van der Waals surface area (Å²) in [7, 11) is 0. The van der Waals surface area contributed by atoms with E-state index in [0.717, 1.165) is 5.56 Å². The average Bonchev–Trinajstić information content (AvgIpc) is 2.97.